The van der Waals surface area contributed by atoms with E-state index in [-0.39, 0.29) is 0 Å². The van der Waals surface area contributed by atoms with Gasteiger partial charge >= 0.3 is 17.9 Å². The molecule has 3 aromatic rings. The number of aromatic amines is 1. The van der Waals surface area contributed by atoms with E-state index in [2.05, 4.69) is 20.8 Å². The van der Waals surface area contributed by atoms with Crippen LogP contribution in [0.3, 0.4) is 0 Å². The van der Waals surface area contributed by atoms with Crippen LogP contribution >= 0.6 is 0 Å². The van der Waals surface area contributed by atoms with E-state index in [1.165, 1.54) is 18.4 Å². The SMILES string of the molecule is C[C@H](Nc1ccc(-c2n[nH]c(=O)n2-c2ccc(N[C@@H](C)C(=O)NC(=O)O)cc2)cc1)C(=O)NC(=O)O. The van der Waals surface area contributed by atoms with Crippen molar-refractivity contribution < 1.29 is 29.4 Å². The van der Waals surface area contributed by atoms with Gasteiger partial charge in [0.25, 0.3) is 11.8 Å². The Morgan fingerprint density at radius 1 is 0.806 bits per heavy atom. The third kappa shape index (κ3) is 6.25. The van der Waals surface area contributed by atoms with Crippen LogP contribution in [-0.4, -0.2) is 61.1 Å². The van der Waals surface area contributed by atoms with Crippen molar-refractivity contribution in [2.45, 2.75) is 25.9 Å². The molecule has 2 aromatic carbocycles. The average molecular weight is 497 g/mol. The number of imide groups is 2. The molecule has 188 valence electrons. The van der Waals surface area contributed by atoms with Gasteiger partial charge in [-0.05, 0) is 62.4 Å². The van der Waals surface area contributed by atoms with Crippen molar-refractivity contribution in [2.24, 2.45) is 0 Å². The predicted molar refractivity (Wildman–Crippen MR) is 128 cm³/mol. The van der Waals surface area contributed by atoms with Crippen molar-refractivity contribution in [1.82, 2.24) is 25.4 Å². The Balaban J connectivity index is 1.75. The second-order valence-corrected chi connectivity index (χ2v) is 7.63. The predicted octanol–water partition coefficient (Wildman–Crippen LogP) is 1.42. The summed E-state index contributed by atoms with van der Waals surface area (Å²) >= 11 is 0. The Kier molecular flexibility index (Phi) is 7.69. The molecule has 0 aliphatic rings. The smallest absolute Gasteiger partial charge is 0.411 e. The maximum atomic E-state index is 12.5. The van der Waals surface area contributed by atoms with Gasteiger partial charge < -0.3 is 20.8 Å². The standard InChI is InChI=1S/C22H23N7O7/c1-11(18(30)25-21(33)34)23-14-5-3-13(4-6-14)17-27-28-20(32)29(17)16-9-7-15(8-10-16)24-12(2)19(31)26-22(35)36/h3-12,23-24H,1-2H3,(H,25,30)(H,26,31)(H,28,32)(H,33,34)(H,35,36)/t11-,12-/m0/s1. The molecule has 0 saturated heterocycles. The van der Waals surface area contributed by atoms with Crippen molar-refractivity contribution >= 4 is 35.4 Å². The molecule has 14 nitrogen and oxygen atoms in total. The molecule has 0 bridgehead atoms. The van der Waals surface area contributed by atoms with Crippen LogP contribution in [0.5, 0.6) is 0 Å². The van der Waals surface area contributed by atoms with Crippen molar-refractivity contribution in [1.29, 1.82) is 0 Å². The van der Waals surface area contributed by atoms with Crippen LogP contribution in [0.1, 0.15) is 13.8 Å². The molecule has 14 heteroatoms. The summed E-state index contributed by atoms with van der Waals surface area (Å²) in [5, 5.41) is 33.1. The fourth-order valence-electron chi connectivity index (χ4n) is 3.21. The van der Waals surface area contributed by atoms with Crippen LogP contribution in [0.2, 0.25) is 0 Å². The topological polar surface area (TPSA) is 208 Å². The number of anilines is 2. The van der Waals surface area contributed by atoms with Crippen LogP contribution in [0.25, 0.3) is 17.1 Å². The highest BCUT2D eigenvalue weighted by Gasteiger charge is 2.17. The van der Waals surface area contributed by atoms with E-state index in [1.54, 1.807) is 59.2 Å². The molecule has 0 fully saturated rings. The summed E-state index contributed by atoms with van der Waals surface area (Å²) in [5.74, 6) is -1.10. The lowest BCUT2D eigenvalue weighted by atomic mass is 10.1. The van der Waals surface area contributed by atoms with E-state index in [0.29, 0.717) is 28.5 Å². The first-order valence-corrected chi connectivity index (χ1v) is 10.5. The number of benzene rings is 2. The molecule has 0 aliphatic heterocycles. The molecule has 7 N–H and O–H groups in total. The monoisotopic (exact) mass is 497 g/mol. The van der Waals surface area contributed by atoms with Gasteiger partial charge in [-0.1, -0.05) is 0 Å². The zero-order valence-corrected chi connectivity index (χ0v) is 19.1. The van der Waals surface area contributed by atoms with E-state index in [4.69, 9.17) is 10.2 Å². The Morgan fingerprint density at radius 3 is 1.69 bits per heavy atom. The van der Waals surface area contributed by atoms with Gasteiger partial charge in [-0.2, -0.15) is 5.10 Å². The van der Waals surface area contributed by atoms with Crippen LogP contribution in [0.4, 0.5) is 21.0 Å². The Morgan fingerprint density at radius 2 is 1.25 bits per heavy atom. The van der Waals surface area contributed by atoms with Gasteiger partial charge in [0.05, 0.1) is 5.69 Å². The van der Waals surface area contributed by atoms with Crippen LogP contribution in [0, 0.1) is 0 Å². The minimum atomic E-state index is -1.45. The number of hydrogen-bond acceptors (Lipinski definition) is 8. The lowest BCUT2D eigenvalue weighted by Gasteiger charge is -2.15. The molecule has 2 atom stereocenters. The van der Waals surface area contributed by atoms with Crippen molar-refractivity contribution in [2.75, 3.05) is 10.6 Å². The Bertz CT molecular complexity index is 1330. The van der Waals surface area contributed by atoms with Crippen molar-refractivity contribution in [3.05, 3.63) is 59.0 Å². The quantitative estimate of drug-likeness (QED) is 0.238. The van der Waals surface area contributed by atoms with Gasteiger partial charge in [-0.3, -0.25) is 20.2 Å². The zero-order valence-electron chi connectivity index (χ0n) is 19.1. The fourth-order valence-corrected chi connectivity index (χ4v) is 3.21. The summed E-state index contributed by atoms with van der Waals surface area (Å²) in [4.78, 5) is 57.2. The number of hydrogen-bond donors (Lipinski definition) is 7. The van der Waals surface area contributed by atoms with Gasteiger partial charge in [0.15, 0.2) is 5.82 Å². The Hall–Kier alpha value is -5.14. The van der Waals surface area contributed by atoms with E-state index in [0.717, 1.165) is 0 Å². The number of amides is 4. The first-order valence-electron chi connectivity index (χ1n) is 10.5. The normalized spacial score (nSPS) is 12.2. The van der Waals surface area contributed by atoms with E-state index in [9.17, 15) is 24.0 Å². The number of nitrogens with zero attached hydrogens (tertiary/aromatic N) is 2. The summed E-state index contributed by atoms with van der Waals surface area (Å²) in [6, 6.07) is 11.5. The molecule has 1 aromatic heterocycles. The van der Waals surface area contributed by atoms with Gasteiger partial charge in [0.1, 0.15) is 12.1 Å². The maximum absolute atomic E-state index is 12.5. The fraction of sp³-hybridized carbons (Fsp3) is 0.182. The van der Waals surface area contributed by atoms with Gasteiger partial charge in [0.2, 0.25) is 0 Å². The summed E-state index contributed by atoms with van der Waals surface area (Å²) < 4.78 is 1.34. The molecule has 4 amide bonds. The van der Waals surface area contributed by atoms with Gasteiger partial charge in [0, 0.05) is 16.9 Å². The van der Waals surface area contributed by atoms with Crippen molar-refractivity contribution in [3.8, 4) is 17.1 Å². The largest absolute Gasteiger partial charge is 0.465 e. The molecule has 0 unspecified atom stereocenters. The summed E-state index contributed by atoms with van der Waals surface area (Å²) in [6.07, 6.45) is -2.89. The number of nitrogens with one attached hydrogen (secondary N) is 5. The summed E-state index contributed by atoms with van der Waals surface area (Å²) in [5.41, 5.74) is 1.66. The van der Waals surface area contributed by atoms with E-state index >= 15 is 0 Å². The highest BCUT2D eigenvalue weighted by molar-refractivity contribution is 5.96. The molecular formula is C22H23N7O7. The van der Waals surface area contributed by atoms with Crippen LogP contribution in [0.15, 0.2) is 53.3 Å². The zero-order chi connectivity index (χ0) is 26.4. The first-order chi connectivity index (χ1) is 17.0. The summed E-state index contributed by atoms with van der Waals surface area (Å²) in [7, 11) is 0. The molecular weight excluding hydrogens is 474 g/mol. The van der Waals surface area contributed by atoms with E-state index < -0.39 is 41.8 Å². The minimum Gasteiger partial charge on any atom is -0.465 e. The molecule has 1 heterocycles. The van der Waals surface area contributed by atoms with Crippen LogP contribution in [-0.2, 0) is 9.59 Å². The average Bonchev–Trinajstić information content (AvgIpc) is 3.20. The first kappa shape index (κ1) is 25.5. The van der Waals surface area contributed by atoms with E-state index in [1.807, 2.05) is 0 Å². The minimum absolute atomic E-state index is 0.318. The number of rotatable bonds is 8. The van der Waals surface area contributed by atoms with Crippen LogP contribution < -0.4 is 27.0 Å². The number of carbonyl (C=O) groups is 4. The lowest BCUT2D eigenvalue weighted by molar-refractivity contribution is -0.121. The Labute approximate surface area is 203 Å². The number of carboxylic acid groups (broad SMARTS) is 2. The number of H-pyrrole nitrogens is 1. The lowest BCUT2D eigenvalue weighted by Crippen LogP contribution is -2.40. The number of aromatic nitrogens is 3. The second kappa shape index (κ2) is 10.9. The molecule has 0 saturated carbocycles. The van der Waals surface area contributed by atoms with Gasteiger partial charge in [-0.25, -0.2) is 24.0 Å². The highest BCUT2D eigenvalue weighted by Crippen LogP contribution is 2.22. The number of carbonyl (C=O) groups excluding carboxylic acids is 2. The second-order valence-electron chi connectivity index (χ2n) is 7.63. The maximum Gasteiger partial charge on any atom is 0.411 e. The highest BCUT2D eigenvalue weighted by atomic mass is 16.4. The molecule has 0 spiro atoms. The molecule has 3 rings (SSSR count). The molecule has 36 heavy (non-hydrogen) atoms. The van der Waals surface area contributed by atoms with Gasteiger partial charge in [-0.15, -0.1) is 0 Å². The summed E-state index contributed by atoms with van der Waals surface area (Å²) in [6.45, 7) is 3.01. The van der Waals surface area contributed by atoms with Crippen molar-refractivity contribution in [3.63, 3.8) is 0 Å². The third-order valence-corrected chi connectivity index (χ3v) is 4.95. The molecule has 0 aliphatic carbocycles. The molecule has 0 radical (unpaired) electrons. The third-order valence-electron chi connectivity index (χ3n) is 4.95.